The summed E-state index contributed by atoms with van der Waals surface area (Å²) < 4.78 is 44.8. The van der Waals surface area contributed by atoms with Crippen LogP contribution in [0.2, 0.25) is 0 Å². The van der Waals surface area contributed by atoms with E-state index in [2.05, 4.69) is 11.8 Å². The Bertz CT molecular complexity index is 1870. The van der Waals surface area contributed by atoms with Crippen molar-refractivity contribution in [2.75, 3.05) is 48.1 Å². The second-order valence-electron chi connectivity index (χ2n) is 20.8. The number of hydrogen-bond donors (Lipinski definition) is 3. The Balaban J connectivity index is 1.23. The summed E-state index contributed by atoms with van der Waals surface area (Å²) in [6.07, 6.45) is 13.7. The van der Waals surface area contributed by atoms with Gasteiger partial charge in [0, 0.05) is 89.5 Å². The molecule has 14 heteroatoms. The second-order valence-corrected chi connectivity index (χ2v) is 20.8. The van der Waals surface area contributed by atoms with Gasteiger partial charge in [0.1, 0.15) is 30.0 Å². The minimum atomic E-state index is -2.18. The molecule has 5 saturated carbocycles. The van der Waals surface area contributed by atoms with Crippen molar-refractivity contribution in [3.63, 3.8) is 0 Å². The van der Waals surface area contributed by atoms with Crippen molar-refractivity contribution in [3.05, 3.63) is 48.0 Å². The van der Waals surface area contributed by atoms with Crippen molar-refractivity contribution >= 4 is 17.9 Å². The quantitative estimate of drug-likeness (QED) is 0.0385. The number of piperidine rings is 1. The van der Waals surface area contributed by atoms with Crippen LogP contribution in [0.1, 0.15) is 140 Å². The van der Waals surface area contributed by atoms with E-state index in [0.29, 0.717) is 19.5 Å². The SMILES string of the molecule is CCCCCCCCCCCCCCCC/C=C/C(=O)O[C@@]12[C@@H]3C4N(CC)C[C@@]5(COC)[C@@H]([C@H]3OC)[C@@]4([C@@H](OC)C[C@H]5OC(C)=O)[C@]3(O)C[C@@](O)([C@H](OC(=O)c4ccccc4)[C@H]13)[C@@H](OC)[C@@H]2O. The van der Waals surface area contributed by atoms with Crippen molar-refractivity contribution < 1.29 is 62.9 Å². The summed E-state index contributed by atoms with van der Waals surface area (Å²) in [4.78, 5) is 44.0. The number of benzene rings is 1. The van der Waals surface area contributed by atoms with Gasteiger partial charge in [-0.1, -0.05) is 122 Å². The average molecular weight is 940 g/mol. The number of rotatable bonds is 26. The van der Waals surface area contributed by atoms with Gasteiger partial charge in [-0.25, -0.2) is 9.59 Å². The molecule has 0 aromatic heterocycles. The van der Waals surface area contributed by atoms with Crippen LogP contribution in [0.4, 0.5) is 0 Å². The van der Waals surface area contributed by atoms with Crippen LogP contribution in [-0.4, -0.2) is 146 Å². The van der Waals surface area contributed by atoms with Gasteiger partial charge < -0.3 is 48.5 Å². The van der Waals surface area contributed by atoms with Crippen molar-refractivity contribution in [2.24, 2.45) is 28.6 Å². The molecular weight excluding hydrogens is 859 g/mol. The molecule has 1 spiro atoms. The molecule has 0 amide bonds. The fourth-order valence-corrected chi connectivity index (χ4v) is 15.3. The lowest BCUT2D eigenvalue weighted by Crippen LogP contribution is -2.86. The minimum absolute atomic E-state index is 0.0963. The summed E-state index contributed by atoms with van der Waals surface area (Å²) >= 11 is 0. The zero-order valence-corrected chi connectivity index (χ0v) is 41.3. The van der Waals surface area contributed by atoms with Crippen molar-refractivity contribution in [2.45, 2.75) is 189 Å². The Morgan fingerprint density at radius 2 is 1.40 bits per heavy atom. The number of esters is 3. The van der Waals surface area contributed by atoms with Crippen LogP contribution in [0.5, 0.6) is 0 Å². The highest BCUT2D eigenvalue weighted by Crippen LogP contribution is 2.82. The molecule has 6 fully saturated rings. The molecule has 6 aliphatic rings. The summed E-state index contributed by atoms with van der Waals surface area (Å²) in [5.41, 5.74) is -8.52. The molecule has 1 heterocycles. The van der Waals surface area contributed by atoms with Crippen LogP contribution in [0.15, 0.2) is 42.5 Å². The molecule has 0 radical (unpaired) electrons. The number of carbonyl (C=O) groups is 3. The third-order valence-corrected chi connectivity index (χ3v) is 17.4. The van der Waals surface area contributed by atoms with E-state index in [9.17, 15) is 29.7 Å². The number of allylic oxidation sites excluding steroid dienone is 1. The molecule has 5 aliphatic carbocycles. The van der Waals surface area contributed by atoms with E-state index in [0.717, 1.165) is 19.3 Å². The fraction of sp³-hybridized carbons (Fsp3) is 0.792. The molecule has 376 valence electrons. The third-order valence-electron chi connectivity index (χ3n) is 17.4. The van der Waals surface area contributed by atoms with Gasteiger partial charge in [0.15, 0.2) is 5.60 Å². The Morgan fingerprint density at radius 3 is 1.96 bits per heavy atom. The number of likely N-dealkylation sites (tertiary alicyclic amines) is 1. The summed E-state index contributed by atoms with van der Waals surface area (Å²) in [6.45, 7) is 6.49. The number of carbonyl (C=O) groups excluding carboxylic acids is 3. The summed E-state index contributed by atoms with van der Waals surface area (Å²) in [5, 5.41) is 40.7. The first kappa shape index (κ1) is 51.9. The fourth-order valence-electron chi connectivity index (χ4n) is 15.3. The highest BCUT2D eigenvalue weighted by Gasteiger charge is 2.96. The van der Waals surface area contributed by atoms with E-state index in [1.54, 1.807) is 57.7 Å². The number of nitrogens with zero attached hydrogens (tertiary/aromatic N) is 1. The minimum Gasteiger partial charge on any atom is -0.462 e. The molecule has 1 saturated heterocycles. The number of fused-ring (bicyclic) bond motifs is 2. The average Bonchev–Trinajstić information content (AvgIpc) is 3.66. The maximum atomic E-state index is 14.6. The van der Waals surface area contributed by atoms with Gasteiger partial charge >= 0.3 is 17.9 Å². The number of unbranched alkanes of at least 4 members (excludes halogenated alkanes) is 14. The smallest absolute Gasteiger partial charge is 0.338 e. The molecule has 7 rings (SSSR count). The van der Waals surface area contributed by atoms with Gasteiger partial charge in [0.25, 0.3) is 0 Å². The van der Waals surface area contributed by atoms with E-state index in [1.165, 1.54) is 90.7 Å². The third kappa shape index (κ3) is 8.52. The normalized spacial score (nSPS) is 39.1. The van der Waals surface area contributed by atoms with Crippen LogP contribution in [0.25, 0.3) is 0 Å². The number of methoxy groups -OCH3 is 4. The molecule has 1 aromatic carbocycles. The molecule has 7 bridgehead atoms. The molecule has 1 aromatic rings. The number of ether oxygens (including phenoxy) is 7. The van der Waals surface area contributed by atoms with Gasteiger partial charge in [-0.3, -0.25) is 9.69 Å². The monoisotopic (exact) mass is 940 g/mol. The Kier molecular flexibility index (Phi) is 16.7. The second kappa shape index (κ2) is 21.6. The molecule has 1 aliphatic heterocycles. The molecule has 3 N–H and O–H groups in total. The van der Waals surface area contributed by atoms with Crippen LogP contribution < -0.4 is 0 Å². The van der Waals surface area contributed by atoms with Crippen LogP contribution >= 0.6 is 0 Å². The molecule has 15 atom stereocenters. The van der Waals surface area contributed by atoms with Gasteiger partial charge in [0.2, 0.25) is 0 Å². The van der Waals surface area contributed by atoms with Crippen LogP contribution in [0, 0.1) is 28.6 Å². The standard InChI is InChI=1S/C53H81NO13/c1-8-10-11-12-13-14-15-16-17-18-19-20-21-22-23-27-30-39(56)67-53-40-41(63-6)42-49(34-61-4)33-54(9-2)44(40)52(42,38(62-5)31-37(49)65-35(3)55)51(60)32-50(59,47(64-7)45(53)57)46(43(51)53)66-48(58)36-28-25-24-26-29-36/h24-30,37-38,40-47,57,59-60H,8-23,31-34H2,1-7H3/b30-27+/t37-,38+,40+,41+,42-,43+,44?,45+,46-,47+,49+,50-,51+,52-,53+/m1/s1. The zero-order chi connectivity index (χ0) is 48.2. The summed E-state index contributed by atoms with van der Waals surface area (Å²) in [5.74, 6) is -5.05. The maximum Gasteiger partial charge on any atom is 0.338 e. The first-order chi connectivity index (χ1) is 32.3. The lowest BCUT2D eigenvalue weighted by Gasteiger charge is -2.72. The predicted molar refractivity (Wildman–Crippen MR) is 250 cm³/mol. The number of hydrogen-bond acceptors (Lipinski definition) is 14. The summed E-state index contributed by atoms with van der Waals surface area (Å²) in [6, 6.07) is 7.66. The van der Waals surface area contributed by atoms with Gasteiger partial charge in [-0.2, -0.15) is 0 Å². The zero-order valence-electron chi connectivity index (χ0n) is 41.3. The van der Waals surface area contributed by atoms with Gasteiger partial charge in [-0.05, 0) is 31.5 Å². The van der Waals surface area contributed by atoms with Crippen molar-refractivity contribution in [1.82, 2.24) is 4.90 Å². The van der Waals surface area contributed by atoms with E-state index in [4.69, 9.17) is 33.2 Å². The Labute approximate surface area is 398 Å². The first-order valence-electron chi connectivity index (χ1n) is 25.6. The lowest BCUT2D eigenvalue weighted by atomic mass is 9.40. The first-order valence-corrected chi connectivity index (χ1v) is 25.6. The van der Waals surface area contributed by atoms with E-state index < -0.39 is 112 Å². The Hall–Kier alpha value is -2.95. The van der Waals surface area contributed by atoms with Crippen molar-refractivity contribution in [3.8, 4) is 0 Å². The predicted octanol–water partition coefficient (Wildman–Crippen LogP) is 6.74. The highest BCUT2D eigenvalue weighted by molar-refractivity contribution is 5.89. The molecule has 67 heavy (non-hydrogen) atoms. The largest absolute Gasteiger partial charge is 0.462 e. The lowest BCUT2D eigenvalue weighted by molar-refractivity contribution is -0.354. The van der Waals surface area contributed by atoms with Crippen LogP contribution in [0.3, 0.4) is 0 Å². The van der Waals surface area contributed by atoms with E-state index in [-0.39, 0.29) is 18.6 Å². The topological polar surface area (TPSA) is 180 Å². The van der Waals surface area contributed by atoms with Gasteiger partial charge in [0.05, 0.1) is 35.9 Å². The summed E-state index contributed by atoms with van der Waals surface area (Å²) in [7, 11) is 6.04. The number of aliphatic hydroxyl groups is 3. The van der Waals surface area contributed by atoms with Crippen LogP contribution in [-0.2, 0) is 42.7 Å². The maximum absolute atomic E-state index is 14.6. The Morgan fingerprint density at radius 1 is 0.776 bits per heavy atom. The molecule has 1 unspecified atom stereocenters. The highest BCUT2D eigenvalue weighted by atomic mass is 16.6. The van der Waals surface area contributed by atoms with E-state index in [1.807, 2.05) is 6.92 Å². The van der Waals surface area contributed by atoms with Crippen molar-refractivity contribution in [1.29, 1.82) is 0 Å². The van der Waals surface area contributed by atoms with Gasteiger partial charge in [-0.15, -0.1) is 0 Å². The molecular formula is C53H81NO13. The molecule has 14 nitrogen and oxygen atoms in total. The number of aliphatic hydroxyl groups excluding tert-OH is 1. The van der Waals surface area contributed by atoms with E-state index >= 15 is 0 Å².